The van der Waals surface area contributed by atoms with Gasteiger partial charge in [-0.2, -0.15) is 0 Å². The first-order valence-electron chi connectivity index (χ1n) is 6.49. The molecule has 0 aliphatic rings. The maximum atomic E-state index is 12.0. The molecule has 8 nitrogen and oxygen atoms in total. The van der Waals surface area contributed by atoms with Crippen LogP contribution in [0.25, 0.3) is 0 Å². The minimum absolute atomic E-state index is 0.215. The summed E-state index contributed by atoms with van der Waals surface area (Å²) in [5.74, 6) is -1.40. The lowest BCUT2D eigenvalue weighted by atomic mass is 10.1. The van der Waals surface area contributed by atoms with Gasteiger partial charge in [0.25, 0.3) is 5.91 Å². The highest BCUT2D eigenvalue weighted by Crippen LogP contribution is 2.25. The number of hydrogen-bond acceptors (Lipinski definition) is 5. The van der Waals surface area contributed by atoms with Crippen molar-refractivity contribution in [1.82, 2.24) is 5.32 Å². The Kier molecular flexibility index (Phi) is 6.18. The minimum atomic E-state index is -1.10. The van der Waals surface area contributed by atoms with Gasteiger partial charge in [0.15, 0.2) is 0 Å². The van der Waals surface area contributed by atoms with Crippen LogP contribution in [-0.4, -0.2) is 43.3 Å². The quantitative estimate of drug-likeness (QED) is 0.733. The molecule has 0 saturated carbocycles. The monoisotopic (exact) mass is 310 g/mol. The van der Waals surface area contributed by atoms with E-state index in [-0.39, 0.29) is 17.7 Å². The third-order valence-corrected chi connectivity index (χ3v) is 2.90. The summed E-state index contributed by atoms with van der Waals surface area (Å²) in [5, 5.41) is 13.8. The van der Waals surface area contributed by atoms with E-state index in [2.05, 4.69) is 15.4 Å². The van der Waals surface area contributed by atoms with Gasteiger partial charge in [-0.25, -0.2) is 9.59 Å². The molecule has 0 unspecified atom stereocenters. The lowest BCUT2D eigenvalue weighted by Gasteiger charge is -2.14. The number of carboxylic acids is 1. The summed E-state index contributed by atoms with van der Waals surface area (Å²) < 4.78 is 9.57. The van der Waals surface area contributed by atoms with Gasteiger partial charge >= 0.3 is 12.1 Å². The van der Waals surface area contributed by atoms with Crippen LogP contribution in [0.15, 0.2) is 18.2 Å². The number of carbonyl (C=O) groups excluding carboxylic acids is 2. The lowest BCUT2D eigenvalue weighted by Crippen LogP contribution is -2.40. The molecule has 0 spiro atoms. The molecule has 120 valence electrons. The number of methoxy groups -OCH3 is 2. The van der Waals surface area contributed by atoms with Crippen molar-refractivity contribution >= 4 is 23.7 Å². The molecule has 1 aromatic carbocycles. The molecule has 0 aliphatic carbocycles. The number of amides is 2. The molecule has 0 aromatic heterocycles. The standard InChI is InChI=1S/C14H18N2O6/c1-4-9(13(18)19)15-12(17)8-5-6-10(11(7-8)21-2)16-14(20)22-3/h5-7,9H,4H2,1-3H3,(H,15,17)(H,16,20)(H,18,19)/t9-/m1/s1. The molecule has 0 radical (unpaired) electrons. The Labute approximate surface area is 127 Å². The number of aliphatic carboxylic acids is 1. The number of carbonyl (C=O) groups is 3. The number of benzene rings is 1. The van der Waals surface area contributed by atoms with Crippen LogP contribution >= 0.6 is 0 Å². The van der Waals surface area contributed by atoms with E-state index >= 15 is 0 Å². The molecule has 22 heavy (non-hydrogen) atoms. The smallest absolute Gasteiger partial charge is 0.411 e. The van der Waals surface area contributed by atoms with Crippen LogP contribution in [0.4, 0.5) is 10.5 Å². The molecule has 8 heteroatoms. The number of hydrogen-bond donors (Lipinski definition) is 3. The van der Waals surface area contributed by atoms with Crippen molar-refractivity contribution in [2.24, 2.45) is 0 Å². The normalized spacial score (nSPS) is 11.2. The van der Waals surface area contributed by atoms with Gasteiger partial charge < -0.3 is 19.9 Å². The topological polar surface area (TPSA) is 114 Å². The molecule has 0 aliphatic heterocycles. The van der Waals surface area contributed by atoms with E-state index in [1.807, 2.05) is 0 Å². The van der Waals surface area contributed by atoms with Crippen molar-refractivity contribution in [3.8, 4) is 5.75 Å². The van der Waals surface area contributed by atoms with E-state index < -0.39 is 24.0 Å². The van der Waals surface area contributed by atoms with E-state index in [0.29, 0.717) is 5.69 Å². The summed E-state index contributed by atoms with van der Waals surface area (Å²) in [7, 11) is 2.60. The highest BCUT2D eigenvalue weighted by atomic mass is 16.5. The molecular formula is C14H18N2O6. The summed E-state index contributed by atoms with van der Waals surface area (Å²) in [6.07, 6.45) is -0.410. The van der Waals surface area contributed by atoms with Crippen LogP contribution in [-0.2, 0) is 9.53 Å². The predicted molar refractivity (Wildman–Crippen MR) is 78.2 cm³/mol. The molecular weight excluding hydrogens is 292 g/mol. The minimum Gasteiger partial charge on any atom is -0.495 e. The molecule has 0 fully saturated rings. The van der Waals surface area contributed by atoms with Crippen LogP contribution < -0.4 is 15.4 Å². The zero-order valence-corrected chi connectivity index (χ0v) is 12.5. The summed E-state index contributed by atoms with van der Waals surface area (Å²) in [6.45, 7) is 1.66. The van der Waals surface area contributed by atoms with Crippen molar-refractivity contribution in [1.29, 1.82) is 0 Å². The number of ether oxygens (including phenoxy) is 2. The summed E-state index contributed by atoms with van der Waals surface area (Å²) in [4.78, 5) is 34.2. The lowest BCUT2D eigenvalue weighted by molar-refractivity contribution is -0.139. The van der Waals surface area contributed by atoms with Crippen molar-refractivity contribution in [3.05, 3.63) is 23.8 Å². The van der Waals surface area contributed by atoms with Crippen molar-refractivity contribution in [2.75, 3.05) is 19.5 Å². The zero-order chi connectivity index (χ0) is 16.7. The second-order valence-corrected chi connectivity index (χ2v) is 4.30. The van der Waals surface area contributed by atoms with Gasteiger partial charge in [-0.05, 0) is 24.6 Å². The summed E-state index contributed by atoms with van der Waals surface area (Å²) >= 11 is 0. The molecule has 2 amide bonds. The maximum Gasteiger partial charge on any atom is 0.411 e. The van der Waals surface area contributed by atoms with Gasteiger partial charge in [-0.3, -0.25) is 10.1 Å². The van der Waals surface area contributed by atoms with Crippen molar-refractivity contribution in [3.63, 3.8) is 0 Å². The van der Waals surface area contributed by atoms with E-state index in [0.717, 1.165) is 0 Å². The summed E-state index contributed by atoms with van der Waals surface area (Å²) in [6, 6.07) is 3.34. The molecule has 1 atom stereocenters. The van der Waals surface area contributed by atoms with Crippen LogP contribution in [0.2, 0.25) is 0 Å². The van der Waals surface area contributed by atoms with Crippen LogP contribution in [0.1, 0.15) is 23.7 Å². The zero-order valence-electron chi connectivity index (χ0n) is 12.5. The van der Waals surface area contributed by atoms with Gasteiger partial charge in [0.05, 0.1) is 19.9 Å². The first kappa shape index (κ1) is 17.3. The number of nitrogens with one attached hydrogen (secondary N) is 2. The molecule has 1 aromatic rings. The van der Waals surface area contributed by atoms with E-state index in [1.165, 1.54) is 32.4 Å². The fourth-order valence-electron chi connectivity index (χ4n) is 1.68. The number of carboxylic acid groups (broad SMARTS) is 1. The average Bonchev–Trinajstić information content (AvgIpc) is 2.51. The number of rotatable bonds is 6. The largest absolute Gasteiger partial charge is 0.495 e. The first-order valence-corrected chi connectivity index (χ1v) is 6.49. The molecule has 0 bridgehead atoms. The second kappa shape index (κ2) is 7.87. The van der Waals surface area contributed by atoms with Gasteiger partial charge in [0.1, 0.15) is 11.8 Å². The third-order valence-electron chi connectivity index (χ3n) is 2.90. The summed E-state index contributed by atoms with van der Waals surface area (Å²) in [5.41, 5.74) is 0.545. The van der Waals surface area contributed by atoms with Gasteiger partial charge in [-0.15, -0.1) is 0 Å². The fraction of sp³-hybridized carbons (Fsp3) is 0.357. The predicted octanol–water partition coefficient (Wildman–Crippen LogP) is 1.47. The number of anilines is 1. The third kappa shape index (κ3) is 4.37. The Balaban J connectivity index is 2.95. The highest BCUT2D eigenvalue weighted by molar-refractivity contribution is 5.98. The average molecular weight is 310 g/mol. The van der Waals surface area contributed by atoms with E-state index in [4.69, 9.17) is 9.84 Å². The maximum absolute atomic E-state index is 12.0. The fourth-order valence-corrected chi connectivity index (χ4v) is 1.68. The molecule has 3 N–H and O–H groups in total. The Morgan fingerprint density at radius 1 is 1.27 bits per heavy atom. The Morgan fingerprint density at radius 3 is 2.45 bits per heavy atom. The highest BCUT2D eigenvalue weighted by Gasteiger charge is 2.19. The second-order valence-electron chi connectivity index (χ2n) is 4.30. The Bertz CT molecular complexity index is 572. The Morgan fingerprint density at radius 2 is 1.95 bits per heavy atom. The van der Waals surface area contributed by atoms with Gasteiger partial charge in [0.2, 0.25) is 0 Å². The van der Waals surface area contributed by atoms with Gasteiger partial charge in [-0.1, -0.05) is 6.92 Å². The molecule has 0 heterocycles. The molecule has 1 rings (SSSR count). The van der Waals surface area contributed by atoms with Crippen molar-refractivity contribution < 1.29 is 29.0 Å². The SMILES string of the molecule is CC[C@@H](NC(=O)c1ccc(NC(=O)OC)c(OC)c1)C(=O)O. The van der Waals surface area contributed by atoms with Crippen LogP contribution in [0.5, 0.6) is 5.75 Å². The molecule has 0 saturated heterocycles. The van der Waals surface area contributed by atoms with E-state index in [9.17, 15) is 14.4 Å². The van der Waals surface area contributed by atoms with Crippen LogP contribution in [0, 0.1) is 0 Å². The van der Waals surface area contributed by atoms with E-state index in [1.54, 1.807) is 6.92 Å². The van der Waals surface area contributed by atoms with Crippen molar-refractivity contribution in [2.45, 2.75) is 19.4 Å². The Hall–Kier alpha value is -2.77. The first-order chi connectivity index (χ1) is 10.4. The van der Waals surface area contributed by atoms with Gasteiger partial charge in [0, 0.05) is 5.56 Å². The van der Waals surface area contributed by atoms with Crippen LogP contribution in [0.3, 0.4) is 0 Å².